The first-order valence-electron chi connectivity index (χ1n) is 12.6. The molecule has 2 fully saturated rings. The number of benzene rings is 1. The van der Waals surface area contributed by atoms with Gasteiger partial charge in [0.15, 0.2) is 18.1 Å². The number of hydrogen-bond donors (Lipinski definition) is 0. The highest BCUT2D eigenvalue weighted by molar-refractivity contribution is 5.94. The fraction of sp³-hybridized carbons (Fsp3) is 0.692. The number of piperidine rings is 1. The van der Waals surface area contributed by atoms with Crippen LogP contribution in [0.15, 0.2) is 18.2 Å². The number of nitrogens with zero attached hydrogens (tertiary/aromatic N) is 3. The Morgan fingerprint density at radius 1 is 0.939 bits per heavy atom. The maximum absolute atomic E-state index is 13.0. The van der Waals surface area contributed by atoms with E-state index in [1.54, 1.807) is 23.1 Å². The second kappa shape index (κ2) is 12.8. The van der Waals surface area contributed by atoms with Gasteiger partial charge in [-0.25, -0.2) is 0 Å². The average molecular weight is 460 g/mol. The molecule has 1 saturated heterocycles. The van der Waals surface area contributed by atoms with Crippen LogP contribution in [0, 0.1) is 0 Å². The van der Waals surface area contributed by atoms with Gasteiger partial charge in [-0.1, -0.05) is 19.3 Å². The minimum Gasteiger partial charge on any atom is -0.490 e. The average Bonchev–Trinajstić information content (AvgIpc) is 2.86. The predicted octanol–water partition coefficient (Wildman–Crippen LogP) is 3.81. The largest absolute Gasteiger partial charge is 0.490 e. The summed E-state index contributed by atoms with van der Waals surface area (Å²) in [5, 5.41) is 0. The van der Waals surface area contributed by atoms with Crippen LogP contribution in [0.3, 0.4) is 0 Å². The van der Waals surface area contributed by atoms with Gasteiger partial charge in [0.25, 0.3) is 11.8 Å². The first-order valence-corrected chi connectivity index (χ1v) is 12.6. The quantitative estimate of drug-likeness (QED) is 0.532. The van der Waals surface area contributed by atoms with Crippen molar-refractivity contribution in [3.63, 3.8) is 0 Å². The molecule has 1 aromatic carbocycles. The van der Waals surface area contributed by atoms with E-state index in [1.165, 1.54) is 38.5 Å². The third-order valence-electron chi connectivity index (χ3n) is 6.88. The van der Waals surface area contributed by atoms with Crippen LogP contribution in [0.5, 0.6) is 11.5 Å². The first kappa shape index (κ1) is 25.3. The molecule has 0 N–H and O–H groups in total. The second-order valence-corrected chi connectivity index (χ2v) is 9.32. The Hall–Kier alpha value is -2.28. The Labute approximate surface area is 199 Å². The molecular weight excluding hydrogens is 418 g/mol. The van der Waals surface area contributed by atoms with Crippen LogP contribution < -0.4 is 9.47 Å². The van der Waals surface area contributed by atoms with Gasteiger partial charge in [0.1, 0.15) is 0 Å². The SMILES string of the molecule is CCOc1cc(C(=O)N(C)CCN(C)C2CCCCC2)ccc1OCC(=O)N1CCCCC1. The molecule has 2 aliphatic rings. The van der Waals surface area contributed by atoms with Crippen molar-refractivity contribution < 1.29 is 19.1 Å². The van der Waals surface area contributed by atoms with Crippen LogP contribution in [0.4, 0.5) is 0 Å². The van der Waals surface area contributed by atoms with Crippen LogP contribution >= 0.6 is 0 Å². The Balaban J connectivity index is 1.56. The highest BCUT2D eigenvalue weighted by Crippen LogP contribution is 2.29. The van der Waals surface area contributed by atoms with Gasteiger partial charge in [-0.3, -0.25) is 9.59 Å². The summed E-state index contributed by atoms with van der Waals surface area (Å²) >= 11 is 0. The van der Waals surface area contributed by atoms with Gasteiger partial charge in [-0.2, -0.15) is 0 Å². The fourth-order valence-electron chi connectivity index (χ4n) is 4.74. The normalized spacial score (nSPS) is 17.2. The summed E-state index contributed by atoms with van der Waals surface area (Å²) in [7, 11) is 4.01. The minimum atomic E-state index is -0.0380. The maximum atomic E-state index is 13.0. The van der Waals surface area contributed by atoms with E-state index < -0.39 is 0 Å². The van der Waals surface area contributed by atoms with Crippen molar-refractivity contribution in [3.05, 3.63) is 23.8 Å². The van der Waals surface area contributed by atoms with E-state index >= 15 is 0 Å². The lowest BCUT2D eigenvalue weighted by Gasteiger charge is -2.32. The Kier molecular flexibility index (Phi) is 9.85. The molecule has 0 bridgehead atoms. The summed E-state index contributed by atoms with van der Waals surface area (Å²) in [5.74, 6) is 0.962. The van der Waals surface area contributed by atoms with Crippen molar-refractivity contribution in [2.24, 2.45) is 0 Å². The van der Waals surface area contributed by atoms with Crippen molar-refractivity contribution in [1.29, 1.82) is 0 Å². The number of likely N-dealkylation sites (tertiary alicyclic amines) is 1. The van der Waals surface area contributed by atoms with Crippen LogP contribution in [-0.4, -0.2) is 86.0 Å². The minimum absolute atomic E-state index is 0.000814. The number of carbonyl (C=O) groups is 2. The summed E-state index contributed by atoms with van der Waals surface area (Å²) in [6, 6.07) is 5.86. The summed E-state index contributed by atoms with van der Waals surface area (Å²) < 4.78 is 11.5. The van der Waals surface area contributed by atoms with Crippen LogP contribution in [-0.2, 0) is 4.79 Å². The van der Waals surface area contributed by atoms with E-state index in [1.807, 2.05) is 18.9 Å². The molecule has 1 aliphatic heterocycles. The predicted molar refractivity (Wildman–Crippen MR) is 130 cm³/mol. The Bertz CT molecular complexity index is 773. The molecule has 1 saturated carbocycles. The molecule has 0 atom stereocenters. The van der Waals surface area contributed by atoms with Gasteiger partial charge in [0.2, 0.25) is 0 Å². The summed E-state index contributed by atoms with van der Waals surface area (Å²) in [4.78, 5) is 31.5. The standard InChI is InChI=1S/C26H41N3O4/c1-4-32-24-19-21(13-14-23(24)33-20-25(30)29-15-9-6-10-16-29)26(31)28(3)18-17-27(2)22-11-7-5-8-12-22/h13-14,19,22H,4-12,15-18,20H2,1-3H3. The molecule has 1 heterocycles. The van der Waals surface area contributed by atoms with Gasteiger partial charge in [-0.15, -0.1) is 0 Å². The Morgan fingerprint density at radius 3 is 2.33 bits per heavy atom. The van der Waals surface area contributed by atoms with Gasteiger partial charge in [0, 0.05) is 44.8 Å². The molecule has 184 valence electrons. The number of carbonyl (C=O) groups excluding carboxylic acids is 2. The molecule has 7 heteroatoms. The lowest BCUT2D eigenvalue weighted by molar-refractivity contribution is -0.134. The molecule has 1 aliphatic carbocycles. The molecule has 7 nitrogen and oxygen atoms in total. The van der Waals surface area contributed by atoms with Gasteiger partial charge < -0.3 is 24.2 Å². The smallest absolute Gasteiger partial charge is 0.260 e. The molecule has 33 heavy (non-hydrogen) atoms. The van der Waals surface area contributed by atoms with Gasteiger partial charge >= 0.3 is 0 Å². The van der Waals surface area contributed by atoms with Crippen molar-refractivity contribution in [1.82, 2.24) is 14.7 Å². The van der Waals surface area contributed by atoms with Crippen molar-refractivity contribution in [2.75, 3.05) is 53.5 Å². The van der Waals surface area contributed by atoms with Gasteiger partial charge in [0.05, 0.1) is 6.61 Å². The molecule has 1 aromatic rings. The lowest BCUT2D eigenvalue weighted by atomic mass is 9.94. The van der Waals surface area contributed by atoms with Crippen LogP contribution in [0.25, 0.3) is 0 Å². The zero-order chi connectivity index (χ0) is 23.6. The molecular formula is C26H41N3O4. The number of rotatable bonds is 10. The van der Waals surface area contributed by atoms with Crippen molar-refractivity contribution in [2.45, 2.75) is 64.3 Å². The second-order valence-electron chi connectivity index (χ2n) is 9.32. The van der Waals surface area contributed by atoms with Crippen LogP contribution in [0.2, 0.25) is 0 Å². The molecule has 2 amide bonds. The van der Waals surface area contributed by atoms with E-state index in [9.17, 15) is 9.59 Å². The van der Waals surface area contributed by atoms with E-state index in [4.69, 9.17) is 9.47 Å². The van der Waals surface area contributed by atoms with Crippen molar-refractivity contribution >= 4 is 11.8 Å². The fourth-order valence-corrected chi connectivity index (χ4v) is 4.74. The highest BCUT2D eigenvalue weighted by Gasteiger charge is 2.21. The number of likely N-dealkylation sites (N-methyl/N-ethyl adjacent to an activating group) is 2. The Morgan fingerprint density at radius 2 is 1.64 bits per heavy atom. The van der Waals surface area contributed by atoms with E-state index in [0.29, 0.717) is 36.3 Å². The van der Waals surface area contributed by atoms with Crippen LogP contribution in [0.1, 0.15) is 68.6 Å². The lowest BCUT2D eigenvalue weighted by Crippen LogP contribution is -2.40. The monoisotopic (exact) mass is 459 g/mol. The topological polar surface area (TPSA) is 62.3 Å². The first-order chi connectivity index (χ1) is 16.0. The highest BCUT2D eigenvalue weighted by atomic mass is 16.5. The third kappa shape index (κ3) is 7.36. The summed E-state index contributed by atoms with van der Waals surface area (Å²) in [6.45, 7) is 5.48. The summed E-state index contributed by atoms with van der Waals surface area (Å²) in [5.41, 5.74) is 0.566. The zero-order valence-electron chi connectivity index (χ0n) is 20.7. The van der Waals surface area contributed by atoms with E-state index in [2.05, 4.69) is 11.9 Å². The summed E-state index contributed by atoms with van der Waals surface area (Å²) in [6.07, 6.45) is 9.76. The maximum Gasteiger partial charge on any atom is 0.260 e. The molecule has 0 unspecified atom stereocenters. The molecule has 0 spiro atoms. The molecule has 0 aromatic heterocycles. The molecule has 0 radical (unpaired) electrons. The molecule has 3 rings (SSSR count). The zero-order valence-corrected chi connectivity index (χ0v) is 20.7. The third-order valence-corrected chi connectivity index (χ3v) is 6.88. The van der Waals surface area contributed by atoms with Crippen molar-refractivity contribution in [3.8, 4) is 11.5 Å². The van der Waals surface area contributed by atoms with E-state index in [-0.39, 0.29) is 18.4 Å². The number of hydrogen-bond acceptors (Lipinski definition) is 5. The number of amides is 2. The van der Waals surface area contributed by atoms with Gasteiger partial charge in [-0.05, 0) is 64.3 Å². The number of ether oxygens (including phenoxy) is 2. The van der Waals surface area contributed by atoms with E-state index in [0.717, 1.165) is 32.5 Å².